The number of fused-ring (bicyclic) bond motifs is 1. The maximum absolute atomic E-state index is 13.0. The average Bonchev–Trinajstić information content (AvgIpc) is 2.70. The van der Waals surface area contributed by atoms with Crippen LogP contribution in [-0.2, 0) is 10.9 Å². The molecule has 0 N–H and O–H groups in total. The first-order chi connectivity index (χ1) is 14.2. The van der Waals surface area contributed by atoms with Crippen molar-refractivity contribution in [3.63, 3.8) is 0 Å². The van der Waals surface area contributed by atoms with Crippen molar-refractivity contribution in [3.05, 3.63) is 38.2 Å². The van der Waals surface area contributed by atoms with Crippen LogP contribution in [0.2, 0.25) is 0 Å². The largest absolute Gasteiger partial charge is 0.416 e. The van der Waals surface area contributed by atoms with Gasteiger partial charge in [-0.25, -0.2) is 0 Å². The van der Waals surface area contributed by atoms with Gasteiger partial charge in [-0.2, -0.15) is 18.2 Å². The Morgan fingerprint density at radius 2 is 2.03 bits per heavy atom. The fourth-order valence-corrected chi connectivity index (χ4v) is 3.80. The summed E-state index contributed by atoms with van der Waals surface area (Å²) in [5, 5.41) is 11.0. The molecule has 0 atom stereocenters. The van der Waals surface area contributed by atoms with Gasteiger partial charge in [-0.15, -0.1) is 0 Å². The van der Waals surface area contributed by atoms with Gasteiger partial charge >= 0.3 is 6.18 Å². The van der Waals surface area contributed by atoms with Crippen LogP contribution >= 0.6 is 11.3 Å². The minimum absolute atomic E-state index is 0.135. The van der Waals surface area contributed by atoms with Crippen LogP contribution in [0.25, 0.3) is 10.1 Å². The lowest BCUT2D eigenvalue weighted by atomic mass is 10.1. The topological polar surface area (TPSA) is 88.8 Å². The van der Waals surface area contributed by atoms with Gasteiger partial charge in [-0.1, -0.05) is 23.2 Å². The van der Waals surface area contributed by atoms with Crippen molar-refractivity contribution in [2.75, 3.05) is 51.3 Å². The van der Waals surface area contributed by atoms with E-state index in [0.29, 0.717) is 31.9 Å². The van der Waals surface area contributed by atoms with Crippen LogP contribution in [0, 0.1) is 22.0 Å². The Bertz CT molecular complexity index is 1070. The van der Waals surface area contributed by atoms with Gasteiger partial charge in [0.05, 0.1) is 42.2 Å². The number of rotatable bonds is 4. The van der Waals surface area contributed by atoms with Gasteiger partial charge < -0.3 is 9.64 Å². The third kappa shape index (κ3) is 5.05. The Hall–Kier alpha value is -2.75. The Morgan fingerprint density at radius 3 is 2.67 bits per heavy atom. The molecule has 0 spiro atoms. The minimum atomic E-state index is -4.82. The molecule has 0 unspecified atom stereocenters. The minimum Gasteiger partial charge on any atom is -0.379 e. The highest BCUT2D eigenvalue weighted by Gasteiger charge is 2.34. The molecule has 0 amide bonds. The molecule has 1 aromatic carbocycles. The fourth-order valence-electron chi connectivity index (χ4n) is 2.77. The number of hydrogen-bond acceptors (Lipinski definition) is 8. The quantitative estimate of drug-likeness (QED) is 0.408. The zero-order valence-corrected chi connectivity index (χ0v) is 16.7. The number of nitro benzene ring substituents is 1. The first-order valence-electron chi connectivity index (χ1n) is 8.84. The predicted octanol–water partition coefficient (Wildman–Crippen LogP) is 2.36. The van der Waals surface area contributed by atoms with Crippen molar-refractivity contribution in [1.82, 2.24) is 9.88 Å². The summed E-state index contributed by atoms with van der Waals surface area (Å²) in [6.45, 7) is 3.66. The van der Waals surface area contributed by atoms with E-state index in [0.717, 1.165) is 24.4 Å². The zero-order chi connectivity index (χ0) is 21.9. The molecule has 1 saturated heterocycles. The second-order valence-electron chi connectivity index (χ2n) is 6.53. The number of nitro groups is 1. The lowest BCUT2D eigenvalue weighted by molar-refractivity contribution is -0.383. The zero-order valence-electron chi connectivity index (χ0n) is 15.9. The standard InChI is InChI=1S/C18H17F3N4O4S/c1-23(4-2-3-5-24-6-8-29-9-7-24)17-22-16(26)13-10-12(18(19,20)21)11-14(25(27)28)15(13)30-17/h10-11H,4-9H2,1H3. The summed E-state index contributed by atoms with van der Waals surface area (Å²) in [4.78, 5) is 30.2. The maximum atomic E-state index is 13.0. The summed E-state index contributed by atoms with van der Waals surface area (Å²) in [6, 6.07) is 1.03. The third-order valence-electron chi connectivity index (χ3n) is 4.39. The van der Waals surface area contributed by atoms with Crippen molar-refractivity contribution in [2.24, 2.45) is 0 Å². The van der Waals surface area contributed by atoms with E-state index in [9.17, 15) is 28.1 Å². The van der Waals surface area contributed by atoms with Crippen LogP contribution in [0.1, 0.15) is 5.56 Å². The first kappa shape index (κ1) is 21.9. The van der Waals surface area contributed by atoms with Gasteiger partial charge in [0.1, 0.15) is 4.70 Å². The summed E-state index contributed by atoms with van der Waals surface area (Å²) >= 11 is 0.781. The monoisotopic (exact) mass is 442 g/mol. The summed E-state index contributed by atoms with van der Waals surface area (Å²) in [7, 11) is 1.60. The van der Waals surface area contributed by atoms with E-state index in [2.05, 4.69) is 21.7 Å². The second kappa shape index (κ2) is 8.95. The number of benzene rings is 1. The highest BCUT2D eigenvalue weighted by molar-refractivity contribution is 7.22. The number of anilines is 1. The molecule has 1 aliphatic heterocycles. The highest BCUT2D eigenvalue weighted by atomic mass is 32.1. The van der Waals surface area contributed by atoms with Crippen LogP contribution in [0.3, 0.4) is 0 Å². The Balaban J connectivity index is 1.87. The Labute approximate surface area is 173 Å². The van der Waals surface area contributed by atoms with Gasteiger partial charge in [0, 0.05) is 26.2 Å². The molecule has 0 bridgehead atoms. The molecule has 160 valence electrons. The number of hydrogen-bond donors (Lipinski definition) is 0. The third-order valence-corrected chi connectivity index (χ3v) is 5.61. The van der Waals surface area contributed by atoms with Gasteiger partial charge in [0.2, 0.25) is 0 Å². The lowest BCUT2D eigenvalue weighted by Gasteiger charge is -2.24. The van der Waals surface area contributed by atoms with Crippen molar-refractivity contribution < 1.29 is 22.8 Å². The van der Waals surface area contributed by atoms with Crippen LogP contribution in [0.15, 0.2) is 16.9 Å². The molecule has 12 heteroatoms. The molecular formula is C18H17F3N4O4S. The molecule has 0 radical (unpaired) electrons. The van der Waals surface area contributed by atoms with E-state index in [1.54, 1.807) is 7.05 Å². The van der Waals surface area contributed by atoms with Crippen molar-refractivity contribution in [1.29, 1.82) is 0 Å². The molecule has 0 saturated carbocycles. The fraction of sp³-hybridized carbons (Fsp3) is 0.444. The van der Waals surface area contributed by atoms with Gasteiger partial charge in [0.15, 0.2) is 5.13 Å². The maximum Gasteiger partial charge on any atom is 0.416 e. The van der Waals surface area contributed by atoms with E-state index in [4.69, 9.17) is 4.74 Å². The van der Waals surface area contributed by atoms with E-state index in [-0.39, 0.29) is 16.4 Å². The highest BCUT2D eigenvalue weighted by Crippen LogP contribution is 2.38. The number of nitrogens with zero attached hydrogens (tertiary/aromatic N) is 4. The molecule has 8 nitrogen and oxygen atoms in total. The smallest absolute Gasteiger partial charge is 0.379 e. The molecular weight excluding hydrogens is 425 g/mol. The van der Waals surface area contributed by atoms with E-state index in [1.807, 2.05) is 0 Å². The van der Waals surface area contributed by atoms with Crippen LogP contribution in [-0.4, -0.2) is 61.2 Å². The summed E-state index contributed by atoms with van der Waals surface area (Å²) in [5.74, 6) is 5.95. The van der Waals surface area contributed by atoms with Gasteiger partial charge in [-0.05, 0) is 6.07 Å². The van der Waals surface area contributed by atoms with E-state index < -0.39 is 33.3 Å². The molecule has 3 rings (SSSR count). The first-order valence-corrected chi connectivity index (χ1v) is 9.66. The van der Waals surface area contributed by atoms with Crippen LogP contribution in [0.5, 0.6) is 0 Å². The number of morpholine rings is 1. The SMILES string of the molecule is CN(CC#CCN1CCOCC1)c1nc(=O)c2cc(C(F)(F)F)cc([N+](=O)[O-])c2s1. The van der Waals surface area contributed by atoms with E-state index in [1.165, 1.54) is 4.90 Å². The Kier molecular flexibility index (Phi) is 6.55. The molecule has 0 aliphatic carbocycles. The molecule has 2 heterocycles. The number of alkyl halides is 3. The van der Waals surface area contributed by atoms with Crippen molar-refractivity contribution in [2.45, 2.75) is 6.18 Å². The van der Waals surface area contributed by atoms with Crippen molar-refractivity contribution in [3.8, 4) is 11.8 Å². The number of aromatic nitrogens is 1. The van der Waals surface area contributed by atoms with E-state index >= 15 is 0 Å². The predicted molar refractivity (Wildman–Crippen MR) is 106 cm³/mol. The normalized spacial score (nSPS) is 14.9. The molecule has 1 aromatic heterocycles. The number of halogens is 3. The van der Waals surface area contributed by atoms with Gasteiger partial charge in [0.25, 0.3) is 11.2 Å². The molecule has 1 fully saturated rings. The van der Waals surface area contributed by atoms with Crippen LogP contribution in [0.4, 0.5) is 24.0 Å². The molecule has 30 heavy (non-hydrogen) atoms. The Morgan fingerprint density at radius 1 is 1.33 bits per heavy atom. The van der Waals surface area contributed by atoms with Gasteiger partial charge in [-0.3, -0.25) is 19.8 Å². The number of ether oxygens (including phenoxy) is 1. The second-order valence-corrected chi connectivity index (χ2v) is 7.50. The lowest BCUT2D eigenvalue weighted by Crippen LogP contribution is -2.36. The summed E-state index contributed by atoms with van der Waals surface area (Å²) < 4.78 is 44.2. The number of non-ortho nitro benzene ring substituents is 1. The molecule has 1 aliphatic rings. The average molecular weight is 442 g/mol. The summed E-state index contributed by atoms with van der Waals surface area (Å²) in [5.41, 5.74) is -3.00. The van der Waals surface area contributed by atoms with Crippen molar-refractivity contribution >= 4 is 32.2 Å². The summed E-state index contributed by atoms with van der Waals surface area (Å²) in [6.07, 6.45) is -4.82. The van der Waals surface area contributed by atoms with Crippen LogP contribution < -0.4 is 10.5 Å². The molecule has 2 aromatic rings.